The van der Waals surface area contributed by atoms with E-state index in [1.54, 1.807) is 0 Å². The van der Waals surface area contributed by atoms with E-state index in [4.69, 9.17) is 4.74 Å². The van der Waals surface area contributed by atoms with Gasteiger partial charge in [0, 0.05) is 31.6 Å². The van der Waals surface area contributed by atoms with E-state index < -0.39 is 0 Å². The molecule has 1 aliphatic rings. The van der Waals surface area contributed by atoms with Crippen LogP contribution in [0.25, 0.3) is 0 Å². The Hall–Kier alpha value is -0.760. The van der Waals surface area contributed by atoms with Crippen LogP contribution in [0.5, 0.6) is 0 Å². The fourth-order valence-electron chi connectivity index (χ4n) is 2.06. The summed E-state index contributed by atoms with van der Waals surface area (Å²) in [4.78, 5) is 0. The topological polar surface area (TPSA) is 14.2 Å². The predicted molar refractivity (Wildman–Crippen MR) is 52.7 cm³/mol. The lowest BCUT2D eigenvalue weighted by Gasteiger charge is -2.28. The third-order valence-electron chi connectivity index (χ3n) is 3.05. The molecule has 72 valence electrons. The van der Waals surface area contributed by atoms with Crippen LogP contribution >= 0.6 is 0 Å². The van der Waals surface area contributed by atoms with Crippen molar-refractivity contribution in [1.82, 2.24) is 4.57 Å². The minimum Gasteiger partial charge on any atom is -0.381 e. The highest BCUT2D eigenvalue weighted by molar-refractivity contribution is 4.93. The number of ether oxygens (including phenoxy) is 1. The first kappa shape index (κ1) is 8.82. The zero-order valence-electron chi connectivity index (χ0n) is 8.15. The molecular weight excluding hydrogens is 162 g/mol. The minimum absolute atomic E-state index is 0.624. The van der Waals surface area contributed by atoms with Gasteiger partial charge >= 0.3 is 0 Å². The maximum absolute atomic E-state index is 5.36. The molecule has 2 rings (SSSR count). The van der Waals surface area contributed by atoms with Crippen LogP contribution in [0, 0.1) is 5.92 Å². The first-order valence-corrected chi connectivity index (χ1v) is 5.08. The Morgan fingerprint density at radius 3 is 2.46 bits per heavy atom. The van der Waals surface area contributed by atoms with E-state index in [1.165, 1.54) is 12.8 Å². The summed E-state index contributed by atoms with van der Waals surface area (Å²) >= 11 is 0. The average molecular weight is 179 g/mol. The lowest BCUT2D eigenvalue weighted by Crippen LogP contribution is -2.23. The van der Waals surface area contributed by atoms with Crippen LogP contribution < -0.4 is 0 Å². The molecule has 0 amide bonds. The average Bonchev–Trinajstić information content (AvgIpc) is 2.71. The molecule has 2 nitrogen and oxygen atoms in total. The maximum atomic E-state index is 5.36. The summed E-state index contributed by atoms with van der Waals surface area (Å²) in [5, 5.41) is 0. The van der Waals surface area contributed by atoms with Gasteiger partial charge in [0.1, 0.15) is 0 Å². The molecule has 1 fully saturated rings. The van der Waals surface area contributed by atoms with Crippen molar-refractivity contribution in [2.24, 2.45) is 5.92 Å². The first-order valence-electron chi connectivity index (χ1n) is 5.08. The molecule has 1 aromatic heterocycles. The van der Waals surface area contributed by atoms with Crippen molar-refractivity contribution in [1.29, 1.82) is 0 Å². The van der Waals surface area contributed by atoms with Crippen molar-refractivity contribution in [3.63, 3.8) is 0 Å². The monoisotopic (exact) mass is 179 g/mol. The van der Waals surface area contributed by atoms with Crippen LogP contribution in [0.2, 0.25) is 0 Å². The minimum atomic E-state index is 0.624. The Kier molecular flexibility index (Phi) is 2.69. The Labute approximate surface area is 79.5 Å². The highest BCUT2D eigenvalue weighted by atomic mass is 16.5. The van der Waals surface area contributed by atoms with Gasteiger partial charge in [0.05, 0.1) is 0 Å². The van der Waals surface area contributed by atoms with E-state index in [0.29, 0.717) is 6.04 Å². The van der Waals surface area contributed by atoms with Crippen LogP contribution in [0.3, 0.4) is 0 Å². The zero-order valence-corrected chi connectivity index (χ0v) is 8.15. The largest absolute Gasteiger partial charge is 0.381 e. The van der Waals surface area contributed by atoms with Gasteiger partial charge in [0.2, 0.25) is 0 Å². The van der Waals surface area contributed by atoms with E-state index in [0.717, 1.165) is 19.1 Å². The van der Waals surface area contributed by atoms with Crippen LogP contribution in [-0.4, -0.2) is 17.8 Å². The summed E-state index contributed by atoms with van der Waals surface area (Å²) in [6, 6.07) is 4.81. The summed E-state index contributed by atoms with van der Waals surface area (Å²) in [6.07, 6.45) is 6.72. The molecular formula is C11H17NO. The van der Waals surface area contributed by atoms with Crippen LogP contribution in [-0.2, 0) is 4.74 Å². The highest BCUT2D eigenvalue weighted by Gasteiger charge is 2.20. The number of nitrogens with zero attached hydrogens (tertiary/aromatic N) is 1. The SMILES string of the molecule is CC(C1CCOCC1)n1cccc1. The standard InChI is InChI=1S/C11H17NO/c1-10(12-6-2-3-7-12)11-4-8-13-9-5-11/h2-3,6-7,10-11H,4-5,8-9H2,1H3. The third-order valence-corrected chi connectivity index (χ3v) is 3.05. The molecule has 13 heavy (non-hydrogen) atoms. The van der Waals surface area contributed by atoms with E-state index in [9.17, 15) is 0 Å². The van der Waals surface area contributed by atoms with E-state index >= 15 is 0 Å². The summed E-state index contributed by atoms with van der Waals surface area (Å²) in [6.45, 7) is 4.18. The number of aromatic nitrogens is 1. The smallest absolute Gasteiger partial charge is 0.0469 e. The number of rotatable bonds is 2. The van der Waals surface area contributed by atoms with Gasteiger partial charge in [-0.05, 0) is 37.8 Å². The molecule has 2 heterocycles. The van der Waals surface area contributed by atoms with E-state index in [-0.39, 0.29) is 0 Å². The highest BCUT2D eigenvalue weighted by Crippen LogP contribution is 2.27. The molecule has 1 aromatic rings. The fourth-order valence-corrected chi connectivity index (χ4v) is 2.06. The Bertz CT molecular complexity index is 237. The molecule has 0 bridgehead atoms. The molecule has 2 heteroatoms. The maximum Gasteiger partial charge on any atom is 0.0469 e. The van der Waals surface area contributed by atoms with Gasteiger partial charge in [0.15, 0.2) is 0 Å². The predicted octanol–water partition coefficient (Wildman–Crippen LogP) is 2.48. The molecule has 1 saturated heterocycles. The molecule has 1 aliphatic heterocycles. The van der Waals surface area contributed by atoms with Gasteiger partial charge in [0.25, 0.3) is 0 Å². The van der Waals surface area contributed by atoms with Crippen molar-refractivity contribution in [2.45, 2.75) is 25.8 Å². The summed E-state index contributed by atoms with van der Waals surface area (Å²) in [5.74, 6) is 0.793. The van der Waals surface area contributed by atoms with Crippen molar-refractivity contribution in [3.8, 4) is 0 Å². The molecule has 0 saturated carbocycles. The van der Waals surface area contributed by atoms with E-state index in [1.807, 2.05) is 0 Å². The molecule has 1 unspecified atom stereocenters. The van der Waals surface area contributed by atoms with Gasteiger partial charge in [-0.3, -0.25) is 0 Å². The van der Waals surface area contributed by atoms with Gasteiger partial charge in [-0.2, -0.15) is 0 Å². The molecule has 0 spiro atoms. The summed E-state index contributed by atoms with van der Waals surface area (Å²) < 4.78 is 7.66. The first-order chi connectivity index (χ1) is 6.38. The zero-order chi connectivity index (χ0) is 9.10. The normalized spacial score (nSPS) is 21.6. The van der Waals surface area contributed by atoms with Gasteiger partial charge in [-0.1, -0.05) is 0 Å². The molecule has 1 atom stereocenters. The van der Waals surface area contributed by atoms with Gasteiger partial charge < -0.3 is 9.30 Å². The van der Waals surface area contributed by atoms with Gasteiger partial charge in [-0.15, -0.1) is 0 Å². The Morgan fingerprint density at radius 1 is 1.23 bits per heavy atom. The van der Waals surface area contributed by atoms with Crippen molar-refractivity contribution in [2.75, 3.05) is 13.2 Å². The summed E-state index contributed by atoms with van der Waals surface area (Å²) in [7, 11) is 0. The van der Waals surface area contributed by atoms with Crippen LogP contribution in [0.1, 0.15) is 25.8 Å². The second kappa shape index (κ2) is 3.97. The van der Waals surface area contributed by atoms with Crippen LogP contribution in [0.15, 0.2) is 24.5 Å². The molecule has 0 N–H and O–H groups in total. The van der Waals surface area contributed by atoms with E-state index in [2.05, 4.69) is 36.0 Å². The summed E-state index contributed by atoms with van der Waals surface area (Å²) in [5.41, 5.74) is 0. The Balaban J connectivity index is 1.99. The second-order valence-electron chi connectivity index (χ2n) is 3.82. The lowest BCUT2D eigenvalue weighted by atomic mass is 9.93. The number of hydrogen-bond donors (Lipinski definition) is 0. The van der Waals surface area contributed by atoms with Crippen LogP contribution in [0.4, 0.5) is 0 Å². The quantitative estimate of drug-likeness (QED) is 0.680. The third kappa shape index (κ3) is 1.94. The fraction of sp³-hybridized carbons (Fsp3) is 0.636. The van der Waals surface area contributed by atoms with Crippen molar-refractivity contribution in [3.05, 3.63) is 24.5 Å². The number of hydrogen-bond acceptors (Lipinski definition) is 1. The molecule has 0 aliphatic carbocycles. The Morgan fingerprint density at radius 2 is 1.85 bits per heavy atom. The van der Waals surface area contributed by atoms with Gasteiger partial charge in [-0.25, -0.2) is 0 Å². The molecule has 0 radical (unpaired) electrons. The lowest BCUT2D eigenvalue weighted by molar-refractivity contribution is 0.0514. The second-order valence-corrected chi connectivity index (χ2v) is 3.82. The van der Waals surface area contributed by atoms with Crippen molar-refractivity contribution < 1.29 is 4.74 Å². The molecule has 0 aromatic carbocycles. The van der Waals surface area contributed by atoms with Crippen molar-refractivity contribution >= 4 is 0 Å².